The quantitative estimate of drug-likeness (QED) is 0.593. The van der Waals surface area contributed by atoms with E-state index in [1.165, 1.54) is 5.01 Å². The molecule has 0 spiro atoms. The van der Waals surface area contributed by atoms with Crippen LogP contribution in [-0.2, 0) is 16.1 Å². The van der Waals surface area contributed by atoms with Crippen LogP contribution in [-0.4, -0.2) is 35.3 Å². The summed E-state index contributed by atoms with van der Waals surface area (Å²) < 4.78 is 5.25. The van der Waals surface area contributed by atoms with Gasteiger partial charge in [0.05, 0.1) is 12.5 Å². The van der Waals surface area contributed by atoms with Crippen molar-refractivity contribution >= 4 is 5.97 Å². The average Bonchev–Trinajstić information content (AvgIpc) is 2.78. The molecule has 1 aliphatic rings. The number of nitrogens with zero attached hydrogens (tertiary/aromatic N) is 1. The second-order valence-corrected chi connectivity index (χ2v) is 4.56. The summed E-state index contributed by atoms with van der Waals surface area (Å²) in [5.74, 6) is 5.21. The highest BCUT2D eigenvalue weighted by molar-refractivity contribution is 5.73. The lowest BCUT2D eigenvalue weighted by Crippen LogP contribution is -2.38. The Balaban J connectivity index is 1.82. The van der Waals surface area contributed by atoms with E-state index in [4.69, 9.17) is 15.7 Å². The molecule has 3 N–H and O–H groups in total. The van der Waals surface area contributed by atoms with Crippen molar-refractivity contribution in [3.8, 4) is 0 Å². The molecular formula is C13H18N2O3. The second kappa shape index (κ2) is 5.95. The molecule has 2 atom stereocenters. The third-order valence-electron chi connectivity index (χ3n) is 3.22. The molecule has 5 heteroatoms. The zero-order valence-corrected chi connectivity index (χ0v) is 10.2. The molecule has 2 rings (SSSR count). The van der Waals surface area contributed by atoms with E-state index in [1.807, 2.05) is 30.3 Å². The summed E-state index contributed by atoms with van der Waals surface area (Å²) in [6.45, 7) is 0.697. The first-order chi connectivity index (χ1) is 8.70. The average molecular weight is 250 g/mol. The van der Waals surface area contributed by atoms with E-state index >= 15 is 0 Å². The smallest absolute Gasteiger partial charge is 0.310 e. The first-order valence-corrected chi connectivity index (χ1v) is 6.03. The number of nitrogens with two attached hydrogens (primary N) is 1. The number of carbonyl (C=O) groups is 1. The molecule has 0 saturated carbocycles. The fourth-order valence-electron chi connectivity index (χ4n) is 2.14. The van der Waals surface area contributed by atoms with Crippen molar-refractivity contribution in [2.45, 2.75) is 19.1 Å². The summed E-state index contributed by atoms with van der Waals surface area (Å²) in [6.07, 6.45) is 0.556. The standard InChI is InChI=1S/C13H18N2O3/c14-15-7-11(6-12(15)8-16)13(17)18-9-10-4-2-1-3-5-10/h1-5,11-12,16H,6-9,14H2/t11-,12-/m0/s1. The van der Waals surface area contributed by atoms with Gasteiger partial charge in [0.25, 0.3) is 0 Å². The van der Waals surface area contributed by atoms with E-state index in [0.717, 1.165) is 5.56 Å². The summed E-state index contributed by atoms with van der Waals surface area (Å²) in [6, 6.07) is 9.41. The molecule has 0 bridgehead atoms. The maximum Gasteiger partial charge on any atom is 0.310 e. The number of esters is 1. The van der Waals surface area contributed by atoms with Crippen LogP contribution in [0.5, 0.6) is 0 Å². The minimum absolute atomic E-state index is 0.0288. The van der Waals surface area contributed by atoms with Crippen LogP contribution < -0.4 is 5.84 Å². The highest BCUT2D eigenvalue weighted by Gasteiger charge is 2.35. The fraction of sp³-hybridized carbons (Fsp3) is 0.462. The molecule has 1 saturated heterocycles. The lowest BCUT2D eigenvalue weighted by atomic mass is 10.1. The van der Waals surface area contributed by atoms with E-state index in [-0.39, 0.29) is 31.1 Å². The summed E-state index contributed by atoms with van der Waals surface area (Å²) in [7, 11) is 0. The number of ether oxygens (including phenoxy) is 1. The van der Waals surface area contributed by atoms with Crippen molar-refractivity contribution in [2.24, 2.45) is 11.8 Å². The Labute approximate surface area is 106 Å². The van der Waals surface area contributed by atoms with Gasteiger partial charge in [-0.25, -0.2) is 5.01 Å². The molecule has 0 unspecified atom stereocenters. The highest BCUT2D eigenvalue weighted by atomic mass is 16.5. The normalized spacial score (nSPS) is 24.1. The molecule has 1 heterocycles. The van der Waals surface area contributed by atoms with Crippen LogP contribution in [0.15, 0.2) is 30.3 Å². The first kappa shape index (κ1) is 13.0. The van der Waals surface area contributed by atoms with Crippen LogP contribution in [0.2, 0.25) is 0 Å². The van der Waals surface area contributed by atoms with Gasteiger partial charge in [-0.3, -0.25) is 10.6 Å². The predicted octanol–water partition coefficient (Wildman–Crippen LogP) is 0.286. The van der Waals surface area contributed by atoms with Gasteiger partial charge in [0.15, 0.2) is 0 Å². The van der Waals surface area contributed by atoms with Gasteiger partial charge in [-0.2, -0.15) is 0 Å². The molecule has 5 nitrogen and oxygen atoms in total. The topological polar surface area (TPSA) is 75.8 Å². The maximum absolute atomic E-state index is 11.8. The Bertz CT molecular complexity index is 396. The van der Waals surface area contributed by atoms with Crippen molar-refractivity contribution in [2.75, 3.05) is 13.2 Å². The molecule has 1 aromatic carbocycles. The van der Waals surface area contributed by atoms with E-state index in [9.17, 15) is 4.79 Å². The summed E-state index contributed by atoms with van der Waals surface area (Å²) in [5.41, 5.74) is 0.965. The summed E-state index contributed by atoms with van der Waals surface area (Å²) >= 11 is 0. The van der Waals surface area contributed by atoms with Gasteiger partial charge in [0.1, 0.15) is 6.61 Å². The number of hydrogen-bond donors (Lipinski definition) is 2. The molecule has 0 aromatic heterocycles. The zero-order chi connectivity index (χ0) is 13.0. The molecule has 1 aliphatic heterocycles. The van der Waals surface area contributed by atoms with Crippen LogP contribution in [0.25, 0.3) is 0 Å². The number of rotatable bonds is 4. The van der Waals surface area contributed by atoms with Crippen molar-refractivity contribution < 1.29 is 14.6 Å². The van der Waals surface area contributed by atoms with Crippen LogP contribution in [0.1, 0.15) is 12.0 Å². The molecule has 98 valence electrons. The minimum Gasteiger partial charge on any atom is -0.461 e. The van der Waals surface area contributed by atoms with Crippen molar-refractivity contribution in [1.82, 2.24) is 5.01 Å². The Morgan fingerprint density at radius 2 is 2.17 bits per heavy atom. The van der Waals surface area contributed by atoms with Gasteiger partial charge in [-0.05, 0) is 12.0 Å². The molecule has 0 amide bonds. The number of aliphatic hydroxyl groups excluding tert-OH is 1. The Kier molecular flexibility index (Phi) is 4.30. The maximum atomic E-state index is 11.8. The molecule has 18 heavy (non-hydrogen) atoms. The van der Waals surface area contributed by atoms with Gasteiger partial charge in [0, 0.05) is 12.6 Å². The van der Waals surface area contributed by atoms with Crippen LogP contribution in [0, 0.1) is 5.92 Å². The lowest BCUT2D eigenvalue weighted by Gasteiger charge is -2.14. The van der Waals surface area contributed by atoms with Crippen molar-refractivity contribution in [3.63, 3.8) is 0 Å². The number of carbonyl (C=O) groups excluding carboxylic acids is 1. The lowest BCUT2D eigenvalue weighted by molar-refractivity contribution is -0.149. The van der Waals surface area contributed by atoms with Gasteiger partial charge in [-0.1, -0.05) is 30.3 Å². The first-order valence-electron chi connectivity index (χ1n) is 6.03. The third kappa shape index (κ3) is 3.07. The highest BCUT2D eigenvalue weighted by Crippen LogP contribution is 2.21. The number of hydrogen-bond acceptors (Lipinski definition) is 5. The second-order valence-electron chi connectivity index (χ2n) is 4.56. The number of hydrazine groups is 1. The molecular weight excluding hydrogens is 232 g/mol. The largest absolute Gasteiger partial charge is 0.461 e. The number of aliphatic hydroxyl groups is 1. The Morgan fingerprint density at radius 1 is 1.44 bits per heavy atom. The van der Waals surface area contributed by atoms with E-state index in [1.54, 1.807) is 0 Å². The molecule has 0 aliphatic carbocycles. The summed E-state index contributed by atoms with van der Waals surface area (Å²) in [4.78, 5) is 11.8. The molecule has 1 aromatic rings. The van der Waals surface area contributed by atoms with E-state index in [0.29, 0.717) is 13.0 Å². The van der Waals surface area contributed by atoms with Crippen molar-refractivity contribution in [1.29, 1.82) is 0 Å². The van der Waals surface area contributed by atoms with Gasteiger partial charge < -0.3 is 9.84 Å². The Morgan fingerprint density at radius 3 is 2.78 bits per heavy atom. The van der Waals surface area contributed by atoms with Crippen LogP contribution >= 0.6 is 0 Å². The minimum atomic E-state index is -0.245. The molecule has 0 radical (unpaired) electrons. The SMILES string of the molecule is NN1C[C@@H](C(=O)OCc2ccccc2)C[C@H]1CO. The predicted molar refractivity (Wildman–Crippen MR) is 66.1 cm³/mol. The molecule has 1 fully saturated rings. The van der Waals surface area contributed by atoms with E-state index in [2.05, 4.69) is 0 Å². The fourth-order valence-corrected chi connectivity index (χ4v) is 2.14. The monoisotopic (exact) mass is 250 g/mol. The van der Waals surface area contributed by atoms with Crippen molar-refractivity contribution in [3.05, 3.63) is 35.9 Å². The number of benzene rings is 1. The van der Waals surface area contributed by atoms with Gasteiger partial charge >= 0.3 is 5.97 Å². The van der Waals surface area contributed by atoms with Gasteiger partial charge in [-0.15, -0.1) is 0 Å². The summed E-state index contributed by atoms with van der Waals surface area (Å²) in [5, 5.41) is 10.6. The van der Waals surface area contributed by atoms with E-state index < -0.39 is 0 Å². The van der Waals surface area contributed by atoms with Crippen LogP contribution in [0.3, 0.4) is 0 Å². The third-order valence-corrected chi connectivity index (χ3v) is 3.22. The zero-order valence-electron chi connectivity index (χ0n) is 10.2. The van der Waals surface area contributed by atoms with Crippen LogP contribution in [0.4, 0.5) is 0 Å². The van der Waals surface area contributed by atoms with Gasteiger partial charge in [0.2, 0.25) is 0 Å². The Hall–Kier alpha value is -1.43.